The molecule has 122 valence electrons. The van der Waals surface area contributed by atoms with Crippen molar-refractivity contribution in [2.45, 2.75) is 20.4 Å². The smallest absolute Gasteiger partial charge is 0.161 e. The van der Waals surface area contributed by atoms with Crippen LogP contribution in [-0.2, 0) is 6.54 Å². The zero-order valence-electron chi connectivity index (χ0n) is 14.0. The molecule has 0 bridgehead atoms. The van der Waals surface area contributed by atoms with Gasteiger partial charge in [-0.1, -0.05) is 44.2 Å². The lowest BCUT2D eigenvalue weighted by Crippen LogP contribution is -2.06. The van der Waals surface area contributed by atoms with Gasteiger partial charge in [0.25, 0.3) is 0 Å². The lowest BCUT2D eigenvalue weighted by Gasteiger charge is -2.12. The highest BCUT2D eigenvalue weighted by Gasteiger charge is 2.06. The minimum absolute atomic E-state index is 0.475. The predicted molar refractivity (Wildman–Crippen MR) is 94.2 cm³/mol. The Hall–Kier alpha value is -2.49. The van der Waals surface area contributed by atoms with E-state index in [-0.39, 0.29) is 0 Å². The van der Waals surface area contributed by atoms with Crippen molar-refractivity contribution in [1.82, 2.24) is 5.43 Å². The molecule has 2 aromatic rings. The number of hydrazone groups is 1. The SMILES string of the molecule is COc1cc(C=NNCc2ccccc2)ccc1OCC(C)C. The molecule has 0 atom stereocenters. The molecule has 1 N–H and O–H groups in total. The van der Waals surface area contributed by atoms with Crippen LogP contribution in [0.15, 0.2) is 53.6 Å². The van der Waals surface area contributed by atoms with Crippen LogP contribution in [0.25, 0.3) is 0 Å². The van der Waals surface area contributed by atoms with E-state index in [9.17, 15) is 0 Å². The molecule has 0 heterocycles. The largest absolute Gasteiger partial charge is 0.493 e. The van der Waals surface area contributed by atoms with Gasteiger partial charge in [-0.25, -0.2) is 0 Å². The molecule has 0 saturated carbocycles. The molecule has 0 aliphatic heterocycles. The summed E-state index contributed by atoms with van der Waals surface area (Å²) in [6.45, 7) is 5.60. The molecule has 0 saturated heterocycles. The van der Waals surface area contributed by atoms with E-state index < -0.39 is 0 Å². The number of nitrogens with zero attached hydrogens (tertiary/aromatic N) is 1. The molecule has 23 heavy (non-hydrogen) atoms. The first-order valence-electron chi connectivity index (χ1n) is 7.79. The molecule has 4 nitrogen and oxygen atoms in total. The zero-order chi connectivity index (χ0) is 16.5. The summed E-state index contributed by atoms with van der Waals surface area (Å²) in [5.41, 5.74) is 5.19. The molecule has 4 heteroatoms. The molecular weight excluding hydrogens is 288 g/mol. The Labute approximate surface area is 138 Å². The van der Waals surface area contributed by atoms with Crippen LogP contribution in [-0.4, -0.2) is 19.9 Å². The Morgan fingerprint density at radius 3 is 2.57 bits per heavy atom. The van der Waals surface area contributed by atoms with Gasteiger partial charge in [-0.05, 0) is 35.2 Å². The number of rotatable bonds is 8. The summed E-state index contributed by atoms with van der Waals surface area (Å²) in [4.78, 5) is 0. The van der Waals surface area contributed by atoms with Gasteiger partial charge < -0.3 is 14.9 Å². The van der Waals surface area contributed by atoms with E-state index in [2.05, 4.69) is 36.5 Å². The summed E-state index contributed by atoms with van der Waals surface area (Å²) in [7, 11) is 1.64. The minimum atomic E-state index is 0.475. The lowest BCUT2D eigenvalue weighted by atomic mass is 10.2. The van der Waals surface area contributed by atoms with E-state index >= 15 is 0 Å². The highest BCUT2D eigenvalue weighted by atomic mass is 16.5. The molecule has 2 aromatic carbocycles. The van der Waals surface area contributed by atoms with Crippen molar-refractivity contribution in [2.24, 2.45) is 11.0 Å². The van der Waals surface area contributed by atoms with Crippen LogP contribution in [0, 0.1) is 5.92 Å². The Bertz CT molecular complexity index is 625. The minimum Gasteiger partial charge on any atom is -0.493 e. The second-order valence-electron chi connectivity index (χ2n) is 5.69. The first kappa shape index (κ1) is 16.9. The van der Waals surface area contributed by atoms with Gasteiger partial charge in [-0.15, -0.1) is 0 Å². The zero-order valence-corrected chi connectivity index (χ0v) is 14.0. The average molecular weight is 312 g/mol. The third-order valence-corrected chi connectivity index (χ3v) is 3.19. The van der Waals surface area contributed by atoms with Gasteiger partial charge in [0, 0.05) is 0 Å². The van der Waals surface area contributed by atoms with Gasteiger partial charge in [-0.3, -0.25) is 0 Å². The highest BCUT2D eigenvalue weighted by Crippen LogP contribution is 2.27. The fourth-order valence-electron chi connectivity index (χ4n) is 1.99. The summed E-state index contributed by atoms with van der Waals surface area (Å²) >= 11 is 0. The van der Waals surface area contributed by atoms with Crippen LogP contribution in [0.2, 0.25) is 0 Å². The van der Waals surface area contributed by atoms with Gasteiger partial charge in [0.2, 0.25) is 0 Å². The lowest BCUT2D eigenvalue weighted by molar-refractivity contribution is 0.257. The number of methoxy groups -OCH3 is 1. The fourth-order valence-corrected chi connectivity index (χ4v) is 1.99. The first-order chi connectivity index (χ1) is 11.2. The second kappa shape index (κ2) is 8.83. The normalized spacial score (nSPS) is 11.0. The van der Waals surface area contributed by atoms with E-state index in [0.717, 1.165) is 17.1 Å². The van der Waals surface area contributed by atoms with E-state index in [0.29, 0.717) is 19.1 Å². The van der Waals surface area contributed by atoms with Gasteiger partial charge in [0.1, 0.15) is 0 Å². The Balaban J connectivity index is 1.93. The molecule has 0 radical (unpaired) electrons. The number of ether oxygens (including phenoxy) is 2. The number of nitrogens with one attached hydrogen (secondary N) is 1. The topological polar surface area (TPSA) is 42.8 Å². The van der Waals surface area contributed by atoms with Crippen LogP contribution >= 0.6 is 0 Å². The third kappa shape index (κ3) is 5.66. The van der Waals surface area contributed by atoms with E-state index in [1.54, 1.807) is 13.3 Å². The Morgan fingerprint density at radius 1 is 1.09 bits per heavy atom. The van der Waals surface area contributed by atoms with Crippen LogP contribution in [0.4, 0.5) is 0 Å². The van der Waals surface area contributed by atoms with Crippen LogP contribution in [0.1, 0.15) is 25.0 Å². The van der Waals surface area contributed by atoms with E-state index in [1.807, 2.05) is 36.4 Å². The molecule has 0 fully saturated rings. The van der Waals surface area contributed by atoms with Gasteiger partial charge in [-0.2, -0.15) is 5.10 Å². The molecule has 0 amide bonds. The number of hydrogen-bond acceptors (Lipinski definition) is 4. The van der Waals surface area contributed by atoms with Crippen LogP contribution in [0.3, 0.4) is 0 Å². The van der Waals surface area contributed by atoms with Crippen molar-refractivity contribution in [2.75, 3.05) is 13.7 Å². The molecule has 0 unspecified atom stereocenters. The Kier molecular flexibility index (Phi) is 6.48. The highest BCUT2D eigenvalue weighted by molar-refractivity contribution is 5.80. The summed E-state index contributed by atoms with van der Waals surface area (Å²) < 4.78 is 11.1. The van der Waals surface area contributed by atoms with E-state index in [4.69, 9.17) is 9.47 Å². The van der Waals surface area contributed by atoms with Gasteiger partial charge >= 0.3 is 0 Å². The summed E-state index contributed by atoms with van der Waals surface area (Å²) in [6.07, 6.45) is 1.78. The molecule has 2 rings (SSSR count). The molecule has 0 spiro atoms. The molecule has 0 aliphatic carbocycles. The second-order valence-corrected chi connectivity index (χ2v) is 5.69. The fraction of sp³-hybridized carbons (Fsp3) is 0.316. The summed E-state index contributed by atoms with van der Waals surface area (Å²) in [5.74, 6) is 1.95. The van der Waals surface area contributed by atoms with E-state index in [1.165, 1.54) is 5.56 Å². The van der Waals surface area contributed by atoms with Gasteiger partial charge in [0.05, 0.1) is 26.5 Å². The van der Waals surface area contributed by atoms with Crippen molar-refractivity contribution in [3.05, 3.63) is 59.7 Å². The number of benzene rings is 2. The van der Waals surface area contributed by atoms with Crippen molar-refractivity contribution in [1.29, 1.82) is 0 Å². The third-order valence-electron chi connectivity index (χ3n) is 3.19. The Morgan fingerprint density at radius 2 is 1.87 bits per heavy atom. The molecule has 0 aromatic heterocycles. The van der Waals surface area contributed by atoms with Crippen molar-refractivity contribution >= 4 is 6.21 Å². The number of hydrogen-bond donors (Lipinski definition) is 1. The maximum Gasteiger partial charge on any atom is 0.161 e. The molecular formula is C19H24N2O2. The van der Waals surface area contributed by atoms with Crippen LogP contribution in [0.5, 0.6) is 11.5 Å². The standard InChI is InChI=1S/C19H24N2O2/c1-15(2)14-23-18-10-9-17(11-19(18)22-3)13-21-20-12-16-7-5-4-6-8-16/h4-11,13,15,20H,12,14H2,1-3H3. The van der Waals surface area contributed by atoms with Gasteiger partial charge in [0.15, 0.2) is 11.5 Å². The average Bonchev–Trinajstić information content (AvgIpc) is 2.58. The molecule has 0 aliphatic rings. The predicted octanol–water partition coefficient (Wildman–Crippen LogP) is 3.85. The maximum atomic E-state index is 5.74. The van der Waals surface area contributed by atoms with Crippen molar-refractivity contribution in [3.8, 4) is 11.5 Å². The first-order valence-corrected chi connectivity index (χ1v) is 7.79. The maximum absolute atomic E-state index is 5.74. The summed E-state index contributed by atoms with van der Waals surface area (Å²) in [6, 6.07) is 16.0. The van der Waals surface area contributed by atoms with Crippen LogP contribution < -0.4 is 14.9 Å². The summed E-state index contributed by atoms with van der Waals surface area (Å²) in [5, 5.41) is 4.24. The quantitative estimate of drug-likeness (QED) is 0.594. The van der Waals surface area contributed by atoms with Crippen molar-refractivity contribution < 1.29 is 9.47 Å². The monoisotopic (exact) mass is 312 g/mol. The van der Waals surface area contributed by atoms with Crippen molar-refractivity contribution in [3.63, 3.8) is 0 Å².